The van der Waals surface area contributed by atoms with Crippen molar-refractivity contribution in [3.8, 4) is 11.5 Å². The fourth-order valence-electron chi connectivity index (χ4n) is 4.24. The smallest absolute Gasteiger partial charge is 0.233 e. The summed E-state index contributed by atoms with van der Waals surface area (Å²) in [5, 5.41) is 13.3. The molecule has 4 rings (SSSR count). The predicted molar refractivity (Wildman–Crippen MR) is 111 cm³/mol. The number of hydrogen-bond acceptors (Lipinski definition) is 6. The molecule has 0 radical (unpaired) electrons. The summed E-state index contributed by atoms with van der Waals surface area (Å²) in [5.41, 5.74) is 3.91. The molecule has 1 aliphatic rings. The first kappa shape index (κ1) is 20.2. The van der Waals surface area contributed by atoms with Crippen LogP contribution in [0.25, 0.3) is 11.5 Å². The molecule has 0 aliphatic carbocycles. The minimum absolute atomic E-state index is 0.0968. The molecule has 0 aromatic carbocycles. The average molecular weight is 409 g/mol. The van der Waals surface area contributed by atoms with Gasteiger partial charge in [0.05, 0.1) is 17.8 Å². The van der Waals surface area contributed by atoms with Crippen LogP contribution in [0.1, 0.15) is 55.4 Å². The molecule has 1 unspecified atom stereocenters. The first-order valence-corrected chi connectivity index (χ1v) is 10.6. The Labute approximate surface area is 176 Å². The van der Waals surface area contributed by atoms with Crippen LogP contribution in [0, 0.1) is 13.8 Å². The number of hydrogen-bond donors (Lipinski definition) is 0. The molecule has 1 aliphatic heterocycles. The third-order valence-electron chi connectivity index (χ3n) is 5.93. The van der Waals surface area contributed by atoms with E-state index in [1.807, 2.05) is 28.0 Å². The first-order chi connectivity index (χ1) is 14.5. The molecule has 0 saturated carbocycles. The SMILES string of the molecule is CCN(Cc1c(C)nn(CC)c1C)C(=O)C1CCCn2c(-c3cnccn3)nnc21. The van der Waals surface area contributed by atoms with Crippen molar-refractivity contribution in [1.29, 1.82) is 0 Å². The lowest BCUT2D eigenvalue weighted by atomic mass is 9.96. The van der Waals surface area contributed by atoms with Gasteiger partial charge in [0.15, 0.2) is 5.82 Å². The maximum Gasteiger partial charge on any atom is 0.233 e. The summed E-state index contributed by atoms with van der Waals surface area (Å²) in [6.07, 6.45) is 6.63. The quantitative estimate of drug-likeness (QED) is 0.622. The van der Waals surface area contributed by atoms with Crippen molar-refractivity contribution in [2.75, 3.05) is 6.54 Å². The Hall–Kier alpha value is -3.10. The van der Waals surface area contributed by atoms with E-state index in [9.17, 15) is 4.79 Å². The maximum atomic E-state index is 13.5. The summed E-state index contributed by atoms with van der Waals surface area (Å²) in [4.78, 5) is 23.9. The lowest BCUT2D eigenvalue weighted by Crippen LogP contribution is -2.37. The number of fused-ring (bicyclic) bond motifs is 1. The molecule has 0 N–H and O–H groups in total. The molecule has 1 amide bonds. The lowest BCUT2D eigenvalue weighted by molar-refractivity contribution is -0.134. The van der Waals surface area contributed by atoms with Crippen molar-refractivity contribution in [2.45, 2.75) is 66.1 Å². The molecule has 158 valence electrons. The van der Waals surface area contributed by atoms with E-state index < -0.39 is 0 Å². The normalized spacial score (nSPS) is 15.8. The van der Waals surface area contributed by atoms with Crippen LogP contribution in [-0.4, -0.2) is 51.9 Å². The zero-order valence-corrected chi connectivity index (χ0v) is 18.0. The summed E-state index contributed by atoms with van der Waals surface area (Å²) in [6, 6.07) is 0. The minimum atomic E-state index is -0.293. The molecule has 4 heterocycles. The van der Waals surface area contributed by atoms with Gasteiger partial charge in [-0.2, -0.15) is 5.10 Å². The highest BCUT2D eigenvalue weighted by molar-refractivity contribution is 5.83. The van der Waals surface area contributed by atoms with Gasteiger partial charge in [-0.05, 0) is 40.5 Å². The molecule has 1 atom stereocenters. The predicted octanol–water partition coefficient (Wildman–Crippen LogP) is 2.49. The summed E-state index contributed by atoms with van der Waals surface area (Å²) >= 11 is 0. The Bertz CT molecular complexity index is 1040. The Morgan fingerprint density at radius 2 is 2.07 bits per heavy atom. The third kappa shape index (κ3) is 3.48. The van der Waals surface area contributed by atoms with Crippen LogP contribution < -0.4 is 0 Å². The highest BCUT2D eigenvalue weighted by Crippen LogP contribution is 2.31. The number of likely N-dealkylation sites (N-methyl/N-ethyl adjacent to an activating group) is 1. The topological polar surface area (TPSA) is 94.6 Å². The monoisotopic (exact) mass is 408 g/mol. The number of carbonyl (C=O) groups is 1. The van der Waals surface area contributed by atoms with Crippen molar-refractivity contribution in [3.63, 3.8) is 0 Å². The minimum Gasteiger partial charge on any atom is -0.338 e. The van der Waals surface area contributed by atoms with Gasteiger partial charge in [-0.25, -0.2) is 4.98 Å². The summed E-state index contributed by atoms with van der Waals surface area (Å²) < 4.78 is 4.02. The van der Waals surface area contributed by atoms with E-state index in [2.05, 4.69) is 39.1 Å². The van der Waals surface area contributed by atoms with Crippen LogP contribution in [0.4, 0.5) is 0 Å². The number of carbonyl (C=O) groups excluding carboxylic acids is 1. The van der Waals surface area contributed by atoms with Gasteiger partial charge >= 0.3 is 0 Å². The molecular weight excluding hydrogens is 380 g/mol. The Kier molecular flexibility index (Phi) is 5.61. The number of aromatic nitrogens is 7. The van der Waals surface area contributed by atoms with Crippen LogP contribution in [0.2, 0.25) is 0 Å². The number of aryl methyl sites for hydroxylation is 2. The fourth-order valence-corrected chi connectivity index (χ4v) is 4.24. The molecule has 0 bridgehead atoms. The number of nitrogens with zero attached hydrogens (tertiary/aromatic N) is 8. The van der Waals surface area contributed by atoms with Gasteiger partial charge in [-0.1, -0.05) is 0 Å². The average Bonchev–Trinajstić information content (AvgIpc) is 3.33. The van der Waals surface area contributed by atoms with E-state index in [0.29, 0.717) is 24.6 Å². The van der Waals surface area contributed by atoms with E-state index in [4.69, 9.17) is 0 Å². The molecule has 0 fully saturated rings. The molecule has 9 nitrogen and oxygen atoms in total. The van der Waals surface area contributed by atoms with Crippen molar-refractivity contribution in [3.05, 3.63) is 41.4 Å². The highest BCUT2D eigenvalue weighted by atomic mass is 16.2. The molecule has 30 heavy (non-hydrogen) atoms. The van der Waals surface area contributed by atoms with E-state index >= 15 is 0 Å². The van der Waals surface area contributed by atoms with Crippen molar-refractivity contribution >= 4 is 5.91 Å². The highest BCUT2D eigenvalue weighted by Gasteiger charge is 2.34. The zero-order chi connectivity index (χ0) is 21.3. The van der Waals surface area contributed by atoms with Gasteiger partial charge in [0, 0.05) is 49.8 Å². The second-order valence-electron chi connectivity index (χ2n) is 7.64. The second kappa shape index (κ2) is 8.33. The van der Waals surface area contributed by atoms with Crippen LogP contribution in [-0.2, 0) is 24.4 Å². The largest absolute Gasteiger partial charge is 0.338 e. The van der Waals surface area contributed by atoms with Gasteiger partial charge in [0.1, 0.15) is 11.5 Å². The second-order valence-corrected chi connectivity index (χ2v) is 7.64. The van der Waals surface area contributed by atoms with E-state index in [-0.39, 0.29) is 11.8 Å². The molecule has 9 heteroatoms. The third-order valence-corrected chi connectivity index (χ3v) is 5.93. The van der Waals surface area contributed by atoms with Crippen LogP contribution in [0.3, 0.4) is 0 Å². The first-order valence-electron chi connectivity index (χ1n) is 10.6. The molecule has 3 aromatic rings. The fraction of sp³-hybridized carbons (Fsp3) is 0.524. The lowest BCUT2D eigenvalue weighted by Gasteiger charge is -2.29. The van der Waals surface area contributed by atoms with E-state index in [1.165, 1.54) is 0 Å². The Morgan fingerprint density at radius 3 is 2.73 bits per heavy atom. The summed E-state index contributed by atoms with van der Waals surface area (Å²) in [7, 11) is 0. The van der Waals surface area contributed by atoms with Crippen LogP contribution in [0.5, 0.6) is 0 Å². The van der Waals surface area contributed by atoms with Crippen LogP contribution >= 0.6 is 0 Å². The van der Waals surface area contributed by atoms with Crippen molar-refractivity contribution < 1.29 is 4.79 Å². The standard InChI is InChI=1S/C21H28N8O/c1-5-27(13-17-14(3)26-29(6-2)15(17)4)21(30)16-8-7-11-28-19(16)24-25-20(28)18-12-22-9-10-23-18/h9-10,12,16H,5-8,11,13H2,1-4H3. The summed E-state index contributed by atoms with van der Waals surface area (Å²) in [5.74, 6) is 1.20. The van der Waals surface area contributed by atoms with Gasteiger partial charge < -0.3 is 9.47 Å². The molecule has 0 spiro atoms. The zero-order valence-electron chi connectivity index (χ0n) is 18.0. The van der Waals surface area contributed by atoms with E-state index in [0.717, 1.165) is 48.7 Å². The number of amides is 1. The van der Waals surface area contributed by atoms with Crippen LogP contribution in [0.15, 0.2) is 18.6 Å². The molecule has 0 saturated heterocycles. The molecular formula is C21H28N8O. The van der Waals surface area contributed by atoms with E-state index in [1.54, 1.807) is 18.6 Å². The van der Waals surface area contributed by atoms with Gasteiger partial charge in [-0.15, -0.1) is 10.2 Å². The van der Waals surface area contributed by atoms with Crippen molar-refractivity contribution in [2.24, 2.45) is 0 Å². The summed E-state index contributed by atoms with van der Waals surface area (Å²) in [6.45, 7) is 11.0. The Morgan fingerprint density at radius 1 is 1.23 bits per heavy atom. The Balaban J connectivity index is 1.61. The maximum absolute atomic E-state index is 13.5. The van der Waals surface area contributed by atoms with Gasteiger partial charge in [0.25, 0.3) is 0 Å². The van der Waals surface area contributed by atoms with Crippen molar-refractivity contribution in [1.82, 2.24) is 39.4 Å². The van der Waals surface area contributed by atoms with Gasteiger partial charge in [-0.3, -0.25) is 14.5 Å². The molecule has 3 aromatic heterocycles. The van der Waals surface area contributed by atoms with Gasteiger partial charge in [0.2, 0.25) is 5.91 Å². The number of rotatable bonds is 6.